The van der Waals surface area contributed by atoms with E-state index < -0.39 is 15.8 Å². The first-order chi connectivity index (χ1) is 5.45. The highest BCUT2D eigenvalue weighted by atomic mass is 32.2. The van der Waals surface area contributed by atoms with Crippen molar-refractivity contribution >= 4 is 10.0 Å². The summed E-state index contributed by atoms with van der Waals surface area (Å²) >= 11 is 0. The molecule has 0 aliphatic heterocycles. The molecule has 0 aliphatic rings. The van der Waals surface area contributed by atoms with Gasteiger partial charge in [-0.15, -0.1) is 0 Å². The second kappa shape index (κ2) is 4.43. The maximum absolute atomic E-state index is 11.2. The molecule has 5 heteroatoms. The number of nitrogens with zero attached hydrogens (tertiary/aromatic N) is 2. The van der Waals surface area contributed by atoms with E-state index >= 15 is 0 Å². The Bertz CT molecular complexity index is 266. The number of hydrogen-bond acceptors (Lipinski definition) is 3. The van der Waals surface area contributed by atoms with Crippen LogP contribution in [0, 0.1) is 11.3 Å². The highest BCUT2D eigenvalue weighted by Crippen LogP contribution is 2.06. The number of hydrogen-bond donors (Lipinski definition) is 0. The molecule has 12 heavy (non-hydrogen) atoms. The maximum Gasteiger partial charge on any atom is 0.227 e. The maximum atomic E-state index is 11.2. The summed E-state index contributed by atoms with van der Waals surface area (Å²) in [6.45, 7) is 3.72. The van der Waals surface area contributed by atoms with Crippen molar-refractivity contribution in [3.63, 3.8) is 0 Å². The summed E-state index contributed by atoms with van der Waals surface area (Å²) in [6, 6.07) is 1.60. The van der Waals surface area contributed by atoms with Gasteiger partial charge in [-0.05, 0) is 13.3 Å². The predicted octanol–water partition coefficient (Wildman–Crippen LogP) is 0.570. The Kier molecular flexibility index (Phi) is 4.21. The second-order valence-corrected chi connectivity index (χ2v) is 4.72. The molecule has 0 aliphatic carbocycles. The molecule has 0 spiro atoms. The van der Waals surface area contributed by atoms with Crippen molar-refractivity contribution in [1.82, 2.24) is 4.31 Å². The zero-order valence-electron chi connectivity index (χ0n) is 7.61. The summed E-state index contributed by atoms with van der Waals surface area (Å²) in [5.74, 6) is -0.437. The summed E-state index contributed by atoms with van der Waals surface area (Å²) in [4.78, 5) is 0. The van der Waals surface area contributed by atoms with Gasteiger partial charge in [0.1, 0.15) is 0 Å². The fourth-order valence-electron chi connectivity index (χ4n) is 0.715. The lowest BCUT2D eigenvalue weighted by atomic mass is 10.3. The fourth-order valence-corrected chi connectivity index (χ4v) is 1.78. The summed E-state index contributed by atoms with van der Waals surface area (Å²) < 4.78 is 23.7. The molecule has 0 rings (SSSR count). The lowest BCUT2D eigenvalue weighted by Crippen LogP contribution is -2.35. The van der Waals surface area contributed by atoms with Crippen LogP contribution in [-0.4, -0.2) is 31.6 Å². The van der Waals surface area contributed by atoms with Crippen molar-refractivity contribution in [1.29, 1.82) is 5.26 Å². The van der Waals surface area contributed by atoms with Gasteiger partial charge in [-0.3, -0.25) is 0 Å². The molecular formula is C7H14N2O2S. The van der Waals surface area contributed by atoms with E-state index in [0.717, 1.165) is 6.42 Å². The van der Waals surface area contributed by atoms with E-state index in [0.29, 0.717) is 0 Å². The largest absolute Gasteiger partial charge is 0.227 e. The van der Waals surface area contributed by atoms with Crippen molar-refractivity contribution in [2.45, 2.75) is 26.3 Å². The zero-order valence-corrected chi connectivity index (χ0v) is 8.43. The topological polar surface area (TPSA) is 61.2 Å². The third kappa shape index (κ3) is 2.80. The standard InChI is InChI=1S/C7H14N2O2S/c1-4-7(2)9(3)12(10,11)6-5-8/h7H,4,6H2,1-3H3. The Morgan fingerprint density at radius 1 is 1.58 bits per heavy atom. The number of nitriles is 1. The van der Waals surface area contributed by atoms with E-state index in [1.54, 1.807) is 6.07 Å². The predicted molar refractivity (Wildman–Crippen MR) is 46.9 cm³/mol. The van der Waals surface area contributed by atoms with Crippen LogP contribution in [0.25, 0.3) is 0 Å². The molecule has 0 radical (unpaired) electrons. The molecule has 0 amide bonds. The molecule has 0 saturated heterocycles. The average Bonchev–Trinajstić information content (AvgIpc) is 2.01. The van der Waals surface area contributed by atoms with Gasteiger partial charge in [0.2, 0.25) is 10.0 Å². The molecule has 1 unspecified atom stereocenters. The first-order valence-electron chi connectivity index (χ1n) is 3.78. The molecule has 0 aromatic heterocycles. The molecular weight excluding hydrogens is 176 g/mol. The van der Waals surface area contributed by atoms with Crippen LogP contribution in [0.3, 0.4) is 0 Å². The smallest absolute Gasteiger partial charge is 0.211 e. The molecule has 0 aromatic carbocycles. The molecule has 0 bridgehead atoms. The summed E-state index contributed by atoms with van der Waals surface area (Å²) in [6.07, 6.45) is 0.751. The Labute approximate surface area is 73.8 Å². The molecule has 0 aromatic rings. The van der Waals surface area contributed by atoms with Crippen LogP contribution in [0.1, 0.15) is 20.3 Å². The lowest BCUT2D eigenvalue weighted by molar-refractivity contribution is 0.382. The molecule has 4 nitrogen and oxygen atoms in total. The van der Waals surface area contributed by atoms with Gasteiger partial charge in [0, 0.05) is 13.1 Å². The van der Waals surface area contributed by atoms with E-state index in [-0.39, 0.29) is 6.04 Å². The normalized spacial score (nSPS) is 14.2. The summed E-state index contributed by atoms with van der Waals surface area (Å²) in [7, 11) is -1.85. The van der Waals surface area contributed by atoms with Gasteiger partial charge in [0.15, 0.2) is 5.75 Å². The van der Waals surface area contributed by atoms with Crippen LogP contribution in [0.2, 0.25) is 0 Å². The van der Waals surface area contributed by atoms with Crippen LogP contribution >= 0.6 is 0 Å². The highest BCUT2D eigenvalue weighted by molar-refractivity contribution is 7.89. The van der Waals surface area contributed by atoms with Crippen molar-refractivity contribution < 1.29 is 8.42 Å². The van der Waals surface area contributed by atoms with Crippen LogP contribution in [0.15, 0.2) is 0 Å². The van der Waals surface area contributed by atoms with Gasteiger partial charge in [-0.2, -0.15) is 5.26 Å². The van der Waals surface area contributed by atoms with E-state index in [4.69, 9.17) is 5.26 Å². The Hall–Kier alpha value is -0.600. The molecule has 0 heterocycles. The summed E-state index contributed by atoms with van der Waals surface area (Å²) in [5, 5.41) is 8.25. The SMILES string of the molecule is CCC(C)N(C)S(=O)(=O)CC#N. The van der Waals surface area contributed by atoms with Crippen LogP contribution in [0.4, 0.5) is 0 Å². The Morgan fingerprint density at radius 3 is 2.42 bits per heavy atom. The van der Waals surface area contributed by atoms with Crippen molar-refractivity contribution in [3.05, 3.63) is 0 Å². The molecule has 0 saturated carbocycles. The third-order valence-electron chi connectivity index (χ3n) is 1.90. The fraction of sp³-hybridized carbons (Fsp3) is 0.857. The quantitative estimate of drug-likeness (QED) is 0.651. The first kappa shape index (κ1) is 11.4. The van der Waals surface area contributed by atoms with Gasteiger partial charge >= 0.3 is 0 Å². The summed E-state index contributed by atoms with van der Waals surface area (Å²) in [5.41, 5.74) is 0. The van der Waals surface area contributed by atoms with Crippen molar-refractivity contribution in [2.24, 2.45) is 0 Å². The molecule has 0 fully saturated rings. The minimum atomic E-state index is -3.35. The average molecular weight is 190 g/mol. The van der Waals surface area contributed by atoms with Crippen LogP contribution < -0.4 is 0 Å². The van der Waals surface area contributed by atoms with Gasteiger partial charge in [0.25, 0.3) is 0 Å². The third-order valence-corrected chi connectivity index (χ3v) is 3.63. The molecule has 1 atom stereocenters. The van der Waals surface area contributed by atoms with E-state index in [9.17, 15) is 8.42 Å². The molecule has 70 valence electrons. The van der Waals surface area contributed by atoms with E-state index in [1.807, 2.05) is 13.8 Å². The van der Waals surface area contributed by atoms with Gasteiger partial charge < -0.3 is 0 Å². The number of sulfonamides is 1. The highest BCUT2D eigenvalue weighted by Gasteiger charge is 2.21. The van der Waals surface area contributed by atoms with E-state index in [1.165, 1.54) is 11.4 Å². The van der Waals surface area contributed by atoms with Gasteiger partial charge in [-0.25, -0.2) is 12.7 Å². The Morgan fingerprint density at radius 2 is 2.08 bits per heavy atom. The van der Waals surface area contributed by atoms with Crippen LogP contribution in [-0.2, 0) is 10.0 Å². The first-order valence-corrected chi connectivity index (χ1v) is 5.39. The number of rotatable bonds is 4. The minimum absolute atomic E-state index is 0.0386. The van der Waals surface area contributed by atoms with Crippen LogP contribution in [0.5, 0.6) is 0 Å². The lowest BCUT2D eigenvalue weighted by Gasteiger charge is -2.21. The minimum Gasteiger partial charge on any atom is -0.211 e. The van der Waals surface area contributed by atoms with Crippen molar-refractivity contribution in [2.75, 3.05) is 12.8 Å². The van der Waals surface area contributed by atoms with E-state index in [2.05, 4.69) is 0 Å². The monoisotopic (exact) mass is 190 g/mol. The van der Waals surface area contributed by atoms with Gasteiger partial charge in [-0.1, -0.05) is 6.92 Å². The van der Waals surface area contributed by atoms with Gasteiger partial charge in [0.05, 0.1) is 6.07 Å². The second-order valence-electron chi connectivity index (χ2n) is 2.69. The van der Waals surface area contributed by atoms with Crippen molar-refractivity contribution in [3.8, 4) is 6.07 Å². The zero-order chi connectivity index (χ0) is 9.78. The Balaban J connectivity index is 4.49. The molecule has 0 N–H and O–H groups in total.